The molecule has 1 atom stereocenters. The van der Waals surface area contributed by atoms with Gasteiger partial charge in [-0.1, -0.05) is 25.1 Å². The Labute approximate surface area is 103 Å². The lowest BCUT2D eigenvalue weighted by atomic mass is 10.1. The fourth-order valence-corrected chi connectivity index (χ4v) is 2.41. The standard InChI is InChI=1S/C14H19N3/c1-2-12-5-3-4-6-14(12)17-10-9-16-13(11-17)7-8-15/h3-6,13,16H,2,7,9-11H2,1H3. The summed E-state index contributed by atoms with van der Waals surface area (Å²) in [6.07, 6.45) is 1.65. The first-order valence-corrected chi connectivity index (χ1v) is 6.28. The highest BCUT2D eigenvalue weighted by Gasteiger charge is 2.20. The van der Waals surface area contributed by atoms with Crippen molar-refractivity contribution in [3.63, 3.8) is 0 Å². The number of piperazine rings is 1. The molecule has 1 unspecified atom stereocenters. The highest BCUT2D eigenvalue weighted by Crippen LogP contribution is 2.22. The molecule has 1 aliphatic heterocycles. The first kappa shape index (κ1) is 11.9. The zero-order valence-electron chi connectivity index (χ0n) is 10.3. The summed E-state index contributed by atoms with van der Waals surface area (Å²) in [5, 5.41) is 12.2. The summed E-state index contributed by atoms with van der Waals surface area (Å²) in [7, 11) is 0. The number of hydrogen-bond donors (Lipinski definition) is 1. The number of hydrogen-bond acceptors (Lipinski definition) is 3. The zero-order valence-corrected chi connectivity index (χ0v) is 10.3. The van der Waals surface area contributed by atoms with E-state index in [0.29, 0.717) is 12.5 Å². The number of aryl methyl sites for hydroxylation is 1. The number of para-hydroxylation sites is 1. The van der Waals surface area contributed by atoms with Gasteiger partial charge in [-0.2, -0.15) is 5.26 Å². The van der Waals surface area contributed by atoms with Crippen LogP contribution in [0.15, 0.2) is 24.3 Å². The van der Waals surface area contributed by atoms with Crippen molar-refractivity contribution in [1.82, 2.24) is 5.32 Å². The van der Waals surface area contributed by atoms with Crippen molar-refractivity contribution in [2.45, 2.75) is 25.8 Å². The first-order chi connectivity index (χ1) is 8.35. The topological polar surface area (TPSA) is 39.1 Å². The Morgan fingerprint density at radius 1 is 1.47 bits per heavy atom. The second-order valence-electron chi connectivity index (χ2n) is 4.44. The normalized spacial score (nSPS) is 20.0. The van der Waals surface area contributed by atoms with Crippen LogP contribution >= 0.6 is 0 Å². The maximum atomic E-state index is 8.77. The second kappa shape index (κ2) is 5.70. The molecule has 0 saturated carbocycles. The third-order valence-electron chi connectivity index (χ3n) is 3.31. The van der Waals surface area contributed by atoms with Gasteiger partial charge in [-0.15, -0.1) is 0 Å². The largest absolute Gasteiger partial charge is 0.368 e. The molecule has 0 aliphatic carbocycles. The SMILES string of the molecule is CCc1ccccc1N1CCNC(CC#N)C1. The van der Waals surface area contributed by atoms with Gasteiger partial charge in [-0.3, -0.25) is 0 Å². The molecule has 0 radical (unpaired) electrons. The van der Waals surface area contributed by atoms with Gasteiger partial charge in [0.25, 0.3) is 0 Å². The van der Waals surface area contributed by atoms with Crippen LogP contribution in [0, 0.1) is 11.3 Å². The Kier molecular flexibility index (Phi) is 4.00. The average molecular weight is 229 g/mol. The van der Waals surface area contributed by atoms with Gasteiger partial charge < -0.3 is 10.2 Å². The first-order valence-electron chi connectivity index (χ1n) is 6.28. The van der Waals surface area contributed by atoms with Crippen molar-refractivity contribution in [2.24, 2.45) is 0 Å². The lowest BCUT2D eigenvalue weighted by Gasteiger charge is -2.35. The minimum absolute atomic E-state index is 0.304. The molecule has 1 heterocycles. The maximum absolute atomic E-state index is 8.77. The van der Waals surface area contributed by atoms with Gasteiger partial charge in [-0.05, 0) is 18.1 Å². The molecule has 1 aromatic carbocycles. The predicted octanol–water partition coefficient (Wildman–Crippen LogP) is 1.94. The molecule has 0 spiro atoms. The number of anilines is 1. The van der Waals surface area contributed by atoms with E-state index in [2.05, 4.69) is 47.5 Å². The van der Waals surface area contributed by atoms with Crippen molar-refractivity contribution in [2.75, 3.05) is 24.5 Å². The number of nitrogens with zero attached hydrogens (tertiary/aromatic N) is 2. The van der Waals surface area contributed by atoms with Crippen molar-refractivity contribution in [3.05, 3.63) is 29.8 Å². The van der Waals surface area contributed by atoms with Gasteiger partial charge in [-0.25, -0.2) is 0 Å². The van der Waals surface area contributed by atoms with Crippen molar-refractivity contribution in [3.8, 4) is 6.07 Å². The summed E-state index contributed by atoms with van der Waals surface area (Å²) in [5.41, 5.74) is 2.73. The number of benzene rings is 1. The molecule has 1 fully saturated rings. The van der Waals surface area contributed by atoms with E-state index in [1.165, 1.54) is 11.3 Å². The Bertz CT molecular complexity index is 408. The molecule has 0 amide bonds. The summed E-state index contributed by atoms with van der Waals surface area (Å²) < 4.78 is 0. The minimum atomic E-state index is 0.304. The average Bonchev–Trinajstić information content (AvgIpc) is 2.39. The zero-order chi connectivity index (χ0) is 12.1. The van der Waals surface area contributed by atoms with Crippen LogP contribution in [0.5, 0.6) is 0 Å². The molecule has 90 valence electrons. The van der Waals surface area contributed by atoms with E-state index in [1.54, 1.807) is 0 Å². The van der Waals surface area contributed by atoms with E-state index in [0.717, 1.165) is 26.1 Å². The minimum Gasteiger partial charge on any atom is -0.368 e. The fraction of sp³-hybridized carbons (Fsp3) is 0.500. The molecule has 0 bridgehead atoms. The van der Waals surface area contributed by atoms with Crippen molar-refractivity contribution < 1.29 is 0 Å². The van der Waals surface area contributed by atoms with E-state index < -0.39 is 0 Å². The molecular weight excluding hydrogens is 210 g/mol. The van der Waals surface area contributed by atoms with Crippen LogP contribution in [-0.2, 0) is 6.42 Å². The smallest absolute Gasteiger partial charge is 0.0638 e. The van der Waals surface area contributed by atoms with Crippen LogP contribution in [0.1, 0.15) is 18.9 Å². The predicted molar refractivity (Wildman–Crippen MR) is 70.1 cm³/mol. The summed E-state index contributed by atoms with van der Waals surface area (Å²) in [6, 6.07) is 11.1. The summed E-state index contributed by atoms with van der Waals surface area (Å²) in [4.78, 5) is 2.40. The van der Waals surface area contributed by atoms with E-state index in [-0.39, 0.29) is 0 Å². The molecule has 1 aliphatic rings. The Morgan fingerprint density at radius 2 is 2.29 bits per heavy atom. The third kappa shape index (κ3) is 2.78. The number of nitrogens with one attached hydrogen (secondary N) is 1. The van der Waals surface area contributed by atoms with Gasteiger partial charge in [0, 0.05) is 31.4 Å². The monoisotopic (exact) mass is 229 g/mol. The quantitative estimate of drug-likeness (QED) is 0.861. The third-order valence-corrected chi connectivity index (χ3v) is 3.31. The van der Waals surface area contributed by atoms with E-state index in [9.17, 15) is 0 Å². The van der Waals surface area contributed by atoms with E-state index >= 15 is 0 Å². The molecule has 2 rings (SSSR count). The summed E-state index contributed by atoms with van der Waals surface area (Å²) in [6.45, 7) is 5.11. The van der Waals surface area contributed by atoms with Crippen LogP contribution in [0.25, 0.3) is 0 Å². The Balaban J connectivity index is 2.13. The molecule has 3 nitrogen and oxygen atoms in total. The summed E-state index contributed by atoms with van der Waals surface area (Å²) in [5.74, 6) is 0. The highest BCUT2D eigenvalue weighted by molar-refractivity contribution is 5.54. The van der Waals surface area contributed by atoms with Gasteiger partial charge >= 0.3 is 0 Å². The number of nitriles is 1. The van der Waals surface area contributed by atoms with Gasteiger partial charge in [0.2, 0.25) is 0 Å². The van der Waals surface area contributed by atoms with Crippen LogP contribution in [0.3, 0.4) is 0 Å². The van der Waals surface area contributed by atoms with Crippen molar-refractivity contribution >= 4 is 5.69 Å². The second-order valence-corrected chi connectivity index (χ2v) is 4.44. The molecule has 1 N–H and O–H groups in total. The molecule has 17 heavy (non-hydrogen) atoms. The van der Waals surface area contributed by atoms with Gasteiger partial charge in [0.15, 0.2) is 0 Å². The molecular formula is C14H19N3. The van der Waals surface area contributed by atoms with Crippen molar-refractivity contribution in [1.29, 1.82) is 5.26 Å². The van der Waals surface area contributed by atoms with Gasteiger partial charge in [0.05, 0.1) is 12.5 Å². The summed E-state index contributed by atoms with van der Waals surface area (Å²) >= 11 is 0. The maximum Gasteiger partial charge on any atom is 0.0638 e. The van der Waals surface area contributed by atoms with Crippen LogP contribution < -0.4 is 10.2 Å². The van der Waals surface area contributed by atoms with Gasteiger partial charge in [0.1, 0.15) is 0 Å². The fourth-order valence-electron chi connectivity index (χ4n) is 2.41. The Morgan fingerprint density at radius 3 is 3.06 bits per heavy atom. The van der Waals surface area contributed by atoms with Crippen LogP contribution in [0.4, 0.5) is 5.69 Å². The molecule has 0 aromatic heterocycles. The van der Waals surface area contributed by atoms with Crippen LogP contribution in [0.2, 0.25) is 0 Å². The lowest BCUT2D eigenvalue weighted by molar-refractivity contribution is 0.462. The Hall–Kier alpha value is -1.53. The van der Waals surface area contributed by atoms with Crippen LogP contribution in [-0.4, -0.2) is 25.7 Å². The van der Waals surface area contributed by atoms with E-state index in [4.69, 9.17) is 5.26 Å². The highest BCUT2D eigenvalue weighted by atomic mass is 15.2. The van der Waals surface area contributed by atoms with E-state index in [1.807, 2.05) is 0 Å². The number of rotatable bonds is 3. The lowest BCUT2D eigenvalue weighted by Crippen LogP contribution is -2.50. The molecule has 1 saturated heterocycles. The molecule has 1 aromatic rings. The molecule has 3 heteroatoms.